The van der Waals surface area contributed by atoms with Crippen molar-refractivity contribution in [2.24, 2.45) is 0 Å². The molecule has 0 saturated heterocycles. The van der Waals surface area contributed by atoms with Gasteiger partial charge in [0.2, 0.25) is 0 Å². The van der Waals surface area contributed by atoms with Crippen molar-refractivity contribution < 1.29 is 14.3 Å². The third kappa shape index (κ3) is 2.87. The first-order chi connectivity index (χ1) is 11.1. The fourth-order valence-corrected chi connectivity index (χ4v) is 2.61. The van der Waals surface area contributed by atoms with Gasteiger partial charge in [0.05, 0.1) is 26.3 Å². The lowest BCUT2D eigenvalue weighted by atomic mass is 10.1. The zero-order valence-corrected chi connectivity index (χ0v) is 12.9. The van der Waals surface area contributed by atoms with E-state index in [0.29, 0.717) is 35.7 Å². The Labute approximate surface area is 132 Å². The number of amides is 2. The first kappa shape index (κ1) is 15.0. The van der Waals surface area contributed by atoms with Crippen LogP contribution in [0.3, 0.4) is 0 Å². The number of H-pyrrole nitrogens is 2. The van der Waals surface area contributed by atoms with Crippen molar-refractivity contribution in [1.82, 2.24) is 15.1 Å². The number of carbonyl (C=O) groups is 1. The van der Waals surface area contributed by atoms with Crippen LogP contribution >= 0.6 is 0 Å². The average Bonchev–Trinajstić information content (AvgIpc) is 2.95. The Kier molecular flexibility index (Phi) is 3.96. The van der Waals surface area contributed by atoms with Gasteiger partial charge in [-0.15, -0.1) is 0 Å². The van der Waals surface area contributed by atoms with E-state index in [0.717, 1.165) is 5.69 Å². The van der Waals surface area contributed by atoms with Crippen molar-refractivity contribution in [1.29, 1.82) is 0 Å². The highest BCUT2D eigenvalue weighted by atomic mass is 16.5. The van der Waals surface area contributed by atoms with Crippen LogP contribution in [0.25, 0.3) is 0 Å². The molecule has 0 saturated carbocycles. The molecule has 0 atom stereocenters. The maximum absolute atomic E-state index is 12.4. The molecule has 1 aromatic heterocycles. The van der Waals surface area contributed by atoms with Crippen LogP contribution in [0.2, 0.25) is 0 Å². The molecular weight excluding hydrogens is 300 g/mol. The maximum atomic E-state index is 12.4. The number of nitrogens with one attached hydrogen (secondary N) is 3. The van der Waals surface area contributed by atoms with Crippen molar-refractivity contribution in [2.75, 3.05) is 26.1 Å². The molecule has 2 amide bonds. The molecule has 8 heteroatoms. The minimum absolute atomic E-state index is 0.177. The molecule has 1 aliphatic heterocycles. The van der Waals surface area contributed by atoms with Crippen molar-refractivity contribution in [3.63, 3.8) is 0 Å². The Hall–Kier alpha value is -2.90. The fraction of sp³-hybridized carbons (Fsp3) is 0.333. The average molecular weight is 318 g/mol. The number of nitrogens with zero attached hydrogens (tertiary/aromatic N) is 1. The van der Waals surface area contributed by atoms with Crippen LogP contribution in [0.1, 0.15) is 11.3 Å². The van der Waals surface area contributed by atoms with Crippen LogP contribution in [0.5, 0.6) is 11.5 Å². The minimum atomic E-state index is -0.261. The van der Waals surface area contributed by atoms with Gasteiger partial charge in [-0.05, 0) is 12.1 Å². The van der Waals surface area contributed by atoms with E-state index >= 15 is 0 Å². The molecular formula is C15H18N4O4. The smallest absolute Gasteiger partial charge is 0.322 e. The number of rotatable bonds is 3. The predicted molar refractivity (Wildman–Crippen MR) is 84.1 cm³/mol. The van der Waals surface area contributed by atoms with E-state index in [1.807, 2.05) is 0 Å². The summed E-state index contributed by atoms with van der Waals surface area (Å²) in [5.74, 6) is 1.13. The van der Waals surface area contributed by atoms with Gasteiger partial charge in [-0.3, -0.25) is 9.89 Å². The quantitative estimate of drug-likeness (QED) is 0.794. The summed E-state index contributed by atoms with van der Waals surface area (Å²) in [5.41, 5.74) is 1.90. The van der Waals surface area contributed by atoms with Crippen LogP contribution in [-0.2, 0) is 13.0 Å². The number of aromatic nitrogens is 2. The van der Waals surface area contributed by atoms with Crippen LogP contribution in [0.4, 0.5) is 10.5 Å². The van der Waals surface area contributed by atoms with Crippen LogP contribution in [0, 0.1) is 0 Å². The van der Waals surface area contributed by atoms with E-state index in [-0.39, 0.29) is 18.1 Å². The number of hydrogen-bond donors (Lipinski definition) is 3. The van der Waals surface area contributed by atoms with Gasteiger partial charge in [0, 0.05) is 30.4 Å². The second kappa shape index (κ2) is 6.07. The van der Waals surface area contributed by atoms with Gasteiger partial charge in [-0.1, -0.05) is 0 Å². The summed E-state index contributed by atoms with van der Waals surface area (Å²) in [4.78, 5) is 25.7. The largest absolute Gasteiger partial charge is 0.493 e. The van der Waals surface area contributed by atoms with E-state index in [2.05, 4.69) is 15.5 Å². The van der Waals surface area contributed by atoms with Crippen LogP contribution in [-0.4, -0.2) is 41.9 Å². The third-order valence-corrected chi connectivity index (χ3v) is 3.87. The molecule has 3 rings (SSSR count). The summed E-state index contributed by atoms with van der Waals surface area (Å²) < 4.78 is 10.4. The summed E-state index contributed by atoms with van der Waals surface area (Å²) in [6, 6.07) is 4.88. The molecule has 0 radical (unpaired) electrons. The number of hydrogen-bond acceptors (Lipinski definition) is 4. The van der Waals surface area contributed by atoms with E-state index in [1.165, 1.54) is 7.11 Å². The van der Waals surface area contributed by atoms with Crippen LogP contribution in [0.15, 0.2) is 23.0 Å². The molecule has 23 heavy (non-hydrogen) atoms. The SMILES string of the molecule is COc1ccc(NC(=O)N2CCc3[nH][nH]c(=O)c3C2)cc1OC. The molecule has 1 aromatic carbocycles. The van der Waals surface area contributed by atoms with Gasteiger partial charge in [-0.2, -0.15) is 0 Å². The molecule has 2 heterocycles. The second-order valence-electron chi connectivity index (χ2n) is 5.21. The zero-order valence-electron chi connectivity index (χ0n) is 12.9. The van der Waals surface area contributed by atoms with Crippen molar-refractivity contribution >= 4 is 11.7 Å². The topological polar surface area (TPSA) is 99.5 Å². The van der Waals surface area contributed by atoms with Gasteiger partial charge in [0.15, 0.2) is 11.5 Å². The van der Waals surface area contributed by atoms with E-state index in [1.54, 1.807) is 30.2 Å². The Morgan fingerprint density at radius 1 is 1.22 bits per heavy atom. The Morgan fingerprint density at radius 3 is 2.74 bits per heavy atom. The molecule has 122 valence electrons. The number of methoxy groups -OCH3 is 2. The Morgan fingerprint density at radius 2 is 2.00 bits per heavy atom. The minimum Gasteiger partial charge on any atom is -0.493 e. The van der Waals surface area contributed by atoms with Gasteiger partial charge in [0.1, 0.15) is 0 Å². The molecule has 0 spiro atoms. The van der Waals surface area contributed by atoms with Crippen molar-refractivity contribution in [3.05, 3.63) is 39.8 Å². The third-order valence-electron chi connectivity index (χ3n) is 3.87. The molecule has 0 aliphatic carbocycles. The van der Waals surface area contributed by atoms with Crippen LogP contribution < -0.4 is 20.3 Å². The number of ether oxygens (including phenoxy) is 2. The Balaban J connectivity index is 1.73. The highest BCUT2D eigenvalue weighted by molar-refractivity contribution is 5.89. The van der Waals surface area contributed by atoms with Gasteiger partial charge >= 0.3 is 6.03 Å². The number of benzene rings is 1. The standard InChI is InChI=1S/C15H18N4O4/c1-22-12-4-3-9(7-13(12)23-2)16-15(21)19-6-5-11-10(8-19)14(20)18-17-11/h3-4,7H,5-6,8H2,1-2H3,(H,16,21)(H2,17,18,20). The Bertz CT molecular complexity index is 780. The molecule has 8 nitrogen and oxygen atoms in total. The number of carbonyl (C=O) groups excluding carboxylic acids is 1. The monoisotopic (exact) mass is 318 g/mol. The molecule has 0 unspecified atom stereocenters. The summed E-state index contributed by atoms with van der Waals surface area (Å²) in [6.45, 7) is 0.827. The first-order valence-corrected chi connectivity index (χ1v) is 7.18. The van der Waals surface area contributed by atoms with Crippen molar-refractivity contribution in [2.45, 2.75) is 13.0 Å². The molecule has 0 bridgehead atoms. The van der Waals surface area contributed by atoms with E-state index < -0.39 is 0 Å². The molecule has 0 fully saturated rings. The molecule has 1 aliphatic rings. The van der Waals surface area contributed by atoms with E-state index in [4.69, 9.17) is 9.47 Å². The molecule has 2 aromatic rings. The van der Waals surface area contributed by atoms with Gasteiger partial charge < -0.3 is 24.8 Å². The molecule has 3 N–H and O–H groups in total. The normalized spacial score (nSPS) is 13.4. The van der Waals surface area contributed by atoms with E-state index in [9.17, 15) is 9.59 Å². The highest BCUT2D eigenvalue weighted by Crippen LogP contribution is 2.30. The lowest BCUT2D eigenvalue weighted by Crippen LogP contribution is -2.40. The van der Waals surface area contributed by atoms with Gasteiger partial charge in [-0.25, -0.2) is 4.79 Å². The zero-order chi connectivity index (χ0) is 16.4. The first-order valence-electron chi connectivity index (χ1n) is 7.18. The number of aromatic amines is 2. The summed E-state index contributed by atoms with van der Waals surface area (Å²) >= 11 is 0. The number of fused-ring (bicyclic) bond motifs is 1. The highest BCUT2D eigenvalue weighted by Gasteiger charge is 2.24. The summed E-state index contributed by atoms with van der Waals surface area (Å²) in [5, 5.41) is 8.19. The lowest BCUT2D eigenvalue weighted by Gasteiger charge is -2.26. The van der Waals surface area contributed by atoms with Gasteiger partial charge in [0.25, 0.3) is 5.56 Å². The fourth-order valence-electron chi connectivity index (χ4n) is 2.61. The maximum Gasteiger partial charge on any atom is 0.322 e. The lowest BCUT2D eigenvalue weighted by molar-refractivity contribution is 0.206. The number of urea groups is 1. The predicted octanol–water partition coefficient (Wildman–Crippen LogP) is 1.31. The summed E-state index contributed by atoms with van der Waals surface area (Å²) in [6.07, 6.45) is 0.618. The number of anilines is 1. The summed E-state index contributed by atoms with van der Waals surface area (Å²) in [7, 11) is 3.09. The van der Waals surface area contributed by atoms with Crippen molar-refractivity contribution in [3.8, 4) is 11.5 Å². The second-order valence-corrected chi connectivity index (χ2v) is 5.21.